The lowest BCUT2D eigenvalue weighted by atomic mass is 10.1. The Kier molecular flexibility index (Phi) is 6.63. The zero-order chi connectivity index (χ0) is 21.9. The number of carbonyl (C=O) groups excluding carboxylic acids is 1. The highest BCUT2D eigenvalue weighted by Gasteiger charge is 2.31. The molecule has 1 unspecified atom stereocenters. The summed E-state index contributed by atoms with van der Waals surface area (Å²) in [6, 6.07) is 8.46. The van der Waals surface area contributed by atoms with Gasteiger partial charge in [-0.05, 0) is 43.9 Å². The summed E-state index contributed by atoms with van der Waals surface area (Å²) in [7, 11) is -3.90. The van der Waals surface area contributed by atoms with Crippen molar-refractivity contribution in [1.29, 1.82) is 0 Å². The summed E-state index contributed by atoms with van der Waals surface area (Å²) >= 11 is 0. The average molecular weight is 420 g/mol. The molecule has 2 aromatic rings. The second-order valence-electron chi connectivity index (χ2n) is 6.91. The van der Waals surface area contributed by atoms with Crippen LogP contribution >= 0.6 is 0 Å². The van der Waals surface area contributed by atoms with Crippen molar-refractivity contribution in [3.05, 3.63) is 63.2 Å². The van der Waals surface area contributed by atoms with Gasteiger partial charge in [-0.2, -0.15) is 0 Å². The van der Waals surface area contributed by atoms with Crippen LogP contribution in [0.5, 0.6) is 0 Å². The normalized spacial score (nSPS) is 12.3. The molecule has 0 spiro atoms. The van der Waals surface area contributed by atoms with Gasteiger partial charge in [-0.3, -0.25) is 19.2 Å². The Morgan fingerprint density at radius 1 is 1.21 bits per heavy atom. The molecule has 29 heavy (non-hydrogen) atoms. The Hall–Kier alpha value is -2.94. The monoisotopic (exact) mass is 419 g/mol. The third kappa shape index (κ3) is 4.92. The number of rotatable bonds is 7. The molecule has 1 atom stereocenters. The molecule has 2 aromatic carbocycles. The van der Waals surface area contributed by atoms with Gasteiger partial charge in [0.15, 0.2) is 0 Å². The molecule has 0 saturated heterocycles. The number of anilines is 2. The van der Waals surface area contributed by atoms with E-state index in [1.807, 2.05) is 32.0 Å². The summed E-state index contributed by atoms with van der Waals surface area (Å²) in [5.74, 6) is -0.523. The van der Waals surface area contributed by atoms with Crippen LogP contribution in [0.25, 0.3) is 0 Å². The first-order valence-corrected chi connectivity index (χ1v) is 11.0. The summed E-state index contributed by atoms with van der Waals surface area (Å²) in [6.45, 7) is 6.92. The molecular formula is C20H25N3O5S. The highest BCUT2D eigenvalue weighted by Crippen LogP contribution is 2.30. The number of hydrogen-bond acceptors (Lipinski definition) is 5. The number of aryl methyl sites for hydroxylation is 3. The van der Waals surface area contributed by atoms with Crippen LogP contribution in [0, 0.1) is 24.0 Å². The minimum atomic E-state index is -3.90. The molecule has 0 saturated carbocycles. The van der Waals surface area contributed by atoms with Gasteiger partial charge < -0.3 is 5.32 Å². The lowest BCUT2D eigenvalue weighted by Crippen LogP contribution is -2.45. The highest BCUT2D eigenvalue weighted by molar-refractivity contribution is 7.92. The summed E-state index contributed by atoms with van der Waals surface area (Å²) in [4.78, 5) is 23.5. The lowest BCUT2D eigenvalue weighted by Gasteiger charge is -2.29. The Morgan fingerprint density at radius 2 is 1.86 bits per heavy atom. The van der Waals surface area contributed by atoms with Crippen LogP contribution < -0.4 is 9.62 Å². The largest absolute Gasteiger partial charge is 0.324 e. The van der Waals surface area contributed by atoms with E-state index in [0.717, 1.165) is 21.7 Å². The molecule has 2 rings (SSSR count). The SMILES string of the molecule is CCc1cccc(C)c1NC(=O)C(C)N(c1cc([N+](=O)[O-])ccc1C)S(C)(=O)=O. The maximum Gasteiger partial charge on any atom is 0.271 e. The predicted octanol–water partition coefficient (Wildman–Crippen LogP) is 3.57. The third-order valence-corrected chi connectivity index (χ3v) is 5.95. The maximum atomic E-state index is 13.0. The average Bonchev–Trinajstić information content (AvgIpc) is 2.63. The molecule has 1 amide bonds. The van der Waals surface area contributed by atoms with Gasteiger partial charge in [0.05, 0.1) is 16.9 Å². The van der Waals surface area contributed by atoms with Gasteiger partial charge in [0, 0.05) is 17.8 Å². The van der Waals surface area contributed by atoms with E-state index in [0.29, 0.717) is 17.7 Å². The molecule has 0 aromatic heterocycles. The van der Waals surface area contributed by atoms with Gasteiger partial charge in [-0.15, -0.1) is 0 Å². The molecule has 0 heterocycles. The molecule has 0 radical (unpaired) electrons. The second kappa shape index (κ2) is 8.60. The van der Waals surface area contributed by atoms with Gasteiger partial charge in [0.1, 0.15) is 6.04 Å². The maximum absolute atomic E-state index is 13.0. The van der Waals surface area contributed by atoms with Crippen molar-refractivity contribution >= 4 is 33.0 Å². The minimum absolute atomic E-state index is 0.102. The molecule has 9 heteroatoms. The quantitative estimate of drug-likeness (QED) is 0.545. The van der Waals surface area contributed by atoms with Crippen molar-refractivity contribution in [2.75, 3.05) is 15.9 Å². The van der Waals surface area contributed by atoms with Gasteiger partial charge in [0.2, 0.25) is 15.9 Å². The molecule has 0 bridgehead atoms. The Balaban J connectivity index is 2.49. The summed E-state index contributed by atoms with van der Waals surface area (Å²) in [5.41, 5.74) is 2.80. The van der Waals surface area contributed by atoms with E-state index in [2.05, 4.69) is 5.32 Å². The van der Waals surface area contributed by atoms with Gasteiger partial charge in [-0.25, -0.2) is 8.42 Å². The van der Waals surface area contributed by atoms with E-state index in [1.54, 1.807) is 6.92 Å². The van der Waals surface area contributed by atoms with E-state index in [4.69, 9.17) is 0 Å². The van der Waals surface area contributed by atoms with Crippen molar-refractivity contribution in [3.8, 4) is 0 Å². The Bertz CT molecular complexity index is 1050. The van der Waals surface area contributed by atoms with Gasteiger partial charge in [0.25, 0.3) is 5.69 Å². The highest BCUT2D eigenvalue weighted by atomic mass is 32.2. The first-order chi connectivity index (χ1) is 13.5. The van der Waals surface area contributed by atoms with Crippen molar-refractivity contribution in [2.45, 2.75) is 40.2 Å². The van der Waals surface area contributed by atoms with Crippen LogP contribution in [0.2, 0.25) is 0 Å². The predicted molar refractivity (Wildman–Crippen MR) is 114 cm³/mol. The van der Waals surface area contributed by atoms with Crippen molar-refractivity contribution in [1.82, 2.24) is 0 Å². The van der Waals surface area contributed by atoms with E-state index in [1.165, 1.54) is 25.1 Å². The number of nitro benzene ring substituents is 1. The number of benzene rings is 2. The summed E-state index contributed by atoms with van der Waals surface area (Å²) in [6.07, 6.45) is 1.67. The van der Waals surface area contributed by atoms with E-state index >= 15 is 0 Å². The summed E-state index contributed by atoms with van der Waals surface area (Å²) < 4.78 is 26.0. The molecule has 156 valence electrons. The number of carbonyl (C=O) groups is 1. The molecule has 0 aliphatic heterocycles. The number of hydrogen-bond donors (Lipinski definition) is 1. The smallest absolute Gasteiger partial charge is 0.271 e. The van der Waals surface area contributed by atoms with Crippen LogP contribution in [0.15, 0.2) is 36.4 Å². The van der Waals surface area contributed by atoms with Crippen LogP contribution in [0.1, 0.15) is 30.5 Å². The Morgan fingerprint density at radius 3 is 2.41 bits per heavy atom. The number of nitrogens with one attached hydrogen (secondary N) is 1. The first-order valence-electron chi connectivity index (χ1n) is 9.11. The van der Waals surface area contributed by atoms with Crippen molar-refractivity contribution in [2.24, 2.45) is 0 Å². The minimum Gasteiger partial charge on any atom is -0.324 e. The van der Waals surface area contributed by atoms with Crippen LogP contribution in [-0.2, 0) is 21.2 Å². The van der Waals surface area contributed by atoms with Crippen LogP contribution in [0.3, 0.4) is 0 Å². The van der Waals surface area contributed by atoms with Crippen molar-refractivity contribution < 1.29 is 18.1 Å². The Labute approximate surface area is 170 Å². The number of non-ortho nitro benzene ring substituents is 1. The van der Waals surface area contributed by atoms with Crippen molar-refractivity contribution in [3.63, 3.8) is 0 Å². The lowest BCUT2D eigenvalue weighted by molar-refractivity contribution is -0.384. The fraction of sp³-hybridized carbons (Fsp3) is 0.350. The van der Waals surface area contributed by atoms with Crippen LogP contribution in [0.4, 0.5) is 17.1 Å². The number of nitro groups is 1. The topological polar surface area (TPSA) is 110 Å². The van der Waals surface area contributed by atoms with E-state index in [-0.39, 0.29) is 11.4 Å². The molecule has 0 aliphatic rings. The number of nitrogens with zero attached hydrogens (tertiary/aromatic N) is 2. The van der Waals surface area contributed by atoms with E-state index < -0.39 is 26.9 Å². The zero-order valence-corrected chi connectivity index (χ0v) is 17.9. The molecular weight excluding hydrogens is 394 g/mol. The van der Waals surface area contributed by atoms with Gasteiger partial charge in [-0.1, -0.05) is 31.2 Å². The molecule has 0 aliphatic carbocycles. The summed E-state index contributed by atoms with van der Waals surface area (Å²) in [5, 5.41) is 14.0. The second-order valence-corrected chi connectivity index (χ2v) is 8.77. The molecule has 1 N–H and O–H groups in total. The molecule has 0 fully saturated rings. The fourth-order valence-electron chi connectivity index (χ4n) is 3.16. The molecule has 8 nitrogen and oxygen atoms in total. The first kappa shape index (κ1) is 22.4. The van der Waals surface area contributed by atoms with Gasteiger partial charge >= 0.3 is 0 Å². The van der Waals surface area contributed by atoms with E-state index in [9.17, 15) is 23.3 Å². The third-order valence-electron chi connectivity index (χ3n) is 4.72. The number of amides is 1. The number of sulfonamides is 1. The zero-order valence-electron chi connectivity index (χ0n) is 17.1. The van der Waals surface area contributed by atoms with Crippen LogP contribution in [-0.4, -0.2) is 31.5 Å². The fourth-order valence-corrected chi connectivity index (χ4v) is 4.38. The standard InChI is InChI=1S/C20H25N3O5S/c1-6-16-9-7-8-14(3)19(16)21-20(24)15(4)22(29(5,27)28)18-12-17(23(25)26)11-10-13(18)2/h7-12,15H,6H2,1-5H3,(H,21,24). The number of para-hydroxylation sites is 1.